The molecule has 0 aliphatic heterocycles. The molecule has 1 aromatic heterocycles. The molecule has 0 unspecified atom stereocenters. The van der Waals surface area contributed by atoms with Gasteiger partial charge in [-0.25, -0.2) is 5.43 Å². The smallest absolute Gasteiger partial charge is 0.272 e. The maximum absolute atomic E-state index is 12.7. The highest BCUT2D eigenvalue weighted by Crippen LogP contribution is 2.35. The zero-order valence-electron chi connectivity index (χ0n) is 19.1. The lowest BCUT2D eigenvalue weighted by molar-refractivity contribution is 0.0954. The van der Waals surface area contributed by atoms with E-state index in [0.29, 0.717) is 15.1 Å². The van der Waals surface area contributed by atoms with Crippen molar-refractivity contribution in [3.63, 3.8) is 0 Å². The van der Waals surface area contributed by atoms with Crippen LogP contribution < -0.4 is 5.43 Å². The van der Waals surface area contributed by atoms with Gasteiger partial charge in [0.05, 0.1) is 23.2 Å². The van der Waals surface area contributed by atoms with Crippen LogP contribution in [0.4, 0.5) is 0 Å². The maximum atomic E-state index is 12.7. The Balaban J connectivity index is 1.64. The first-order chi connectivity index (χ1) is 17.6. The van der Waals surface area contributed by atoms with Gasteiger partial charge in [0.25, 0.3) is 5.91 Å². The molecule has 0 spiro atoms. The molecule has 0 saturated heterocycles. The fourth-order valence-electron chi connectivity index (χ4n) is 4.07. The summed E-state index contributed by atoms with van der Waals surface area (Å²) in [6, 6.07) is 37.4. The Bertz CT molecular complexity index is 1530. The molecule has 0 saturated carbocycles. The number of hydrazone groups is 1. The van der Waals surface area contributed by atoms with Gasteiger partial charge in [0.1, 0.15) is 0 Å². The number of carbonyl (C=O) groups is 1. The molecule has 1 N–H and O–H groups in total. The summed E-state index contributed by atoms with van der Waals surface area (Å²) in [7, 11) is 0. The van der Waals surface area contributed by atoms with Crippen LogP contribution in [0.1, 0.15) is 15.9 Å². The van der Waals surface area contributed by atoms with Crippen molar-refractivity contribution in [2.24, 2.45) is 5.10 Å². The number of aromatic nitrogens is 1. The number of nitrogens with one attached hydrogen (secondary N) is 1. The second-order valence-electron chi connectivity index (χ2n) is 8.06. The molecule has 4 nitrogen and oxygen atoms in total. The van der Waals surface area contributed by atoms with Gasteiger partial charge >= 0.3 is 0 Å². The summed E-state index contributed by atoms with van der Waals surface area (Å²) in [5.74, 6) is -0.291. The lowest BCUT2D eigenvalue weighted by atomic mass is 10.1. The molecule has 0 radical (unpaired) electrons. The molecule has 0 aliphatic carbocycles. The number of nitrogens with zero attached hydrogens (tertiary/aromatic N) is 2. The molecule has 0 fully saturated rings. The molecule has 176 valence electrons. The van der Waals surface area contributed by atoms with Crippen molar-refractivity contribution in [2.45, 2.75) is 0 Å². The van der Waals surface area contributed by atoms with Crippen LogP contribution in [-0.2, 0) is 0 Å². The summed E-state index contributed by atoms with van der Waals surface area (Å²) in [6.07, 6.45) is 1.69. The molecule has 0 bridgehead atoms. The fourth-order valence-corrected chi connectivity index (χ4v) is 4.66. The van der Waals surface area contributed by atoms with Crippen LogP contribution >= 0.6 is 27.5 Å². The summed E-state index contributed by atoms with van der Waals surface area (Å²) in [5.41, 5.74) is 9.03. The predicted molar refractivity (Wildman–Crippen MR) is 151 cm³/mol. The van der Waals surface area contributed by atoms with Crippen molar-refractivity contribution in [3.8, 4) is 28.2 Å². The van der Waals surface area contributed by atoms with E-state index in [1.54, 1.807) is 12.3 Å². The number of hydrogen-bond acceptors (Lipinski definition) is 2. The van der Waals surface area contributed by atoms with Crippen molar-refractivity contribution < 1.29 is 4.79 Å². The van der Waals surface area contributed by atoms with Gasteiger partial charge in [0, 0.05) is 20.7 Å². The number of rotatable bonds is 6. The lowest BCUT2D eigenvalue weighted by Crippen LogP contribution is -2.18. The Labute approximate surface area is 223 Å². The first kappa shape index (κ1) is 23.8. The second-order valence-corrected chi connectivity index (χ2v) is 9.35. The highest BCUT2D eigenvalue weighted by molar-refractivity contribution is 9.10. The molecule has 6 heteroatoms. The van der Waals surface area contributed by atoms with Crippen LogP contribution in [0.3, 0.4) is 0 Å². The van der Waals surface area contributed by atoms with Crippen molar-refractivity contribution in [2.75, 3.05) is 0 Å². The van der Waals surface area contributed by atoms with Crippen LogP contribution in [0.25, 0.3) is 28.2 Å². The third-order valence-corrected chi connectivity index (χ3v) is 6.66. The Morgan fingerprint density at radius 3 is 2.08 bits per heavy atom. The SMILES string of the molecule is O=C(N/N=C\c1cc(-c2ccccc2)n(-c2ccc(Cl)cc2)c1-c1ccccc1)c1ccccc1Br. The van der Waals surface area contributed by atoms with Gasteiger partial charge in [-0.2, -0.15) is 5.10 Å². The molecule has 1 heterocycles. The van der Waals surface area contributed by atoms with Crippen LogP contribution in [0, 0.1) is 0 Å². The van der Waals surface area contributed by atoms with Crippen LogP contribution in [0.2, 0.25) is 5.02 Å². The standard InChI is InChI=1S/C30H21BrClN3O/c31-27-14-8-7-13-26(27)30(36)34-33-20-23-19-28(21-9-3-1-4-10-21)35(25-17-15-24(32)16-18-25)29(23)22-11-5-2-6-12-22/h1-20H,(H,34,36)/b33-20-. The van der Waals surface area contributed by atoms with Gasteiger partial charge in [-0.1, -0.05) is 84.4 Å². The van der Waals surface area contributed by atoms with E-state index >= 15 is 0 Å². The van der Waals surface area contributed by atoms with Crippen molar-refractivity contribution >= 4 is 39.7 Å². The topological polar surface area (TPSA) is 46.4 Å². The summed E-state index contributed by atoms with van der Waals surface area (Å²) in [5, 5.41) is 4.99. The van der Waals surface area contributed by atoms with Gasteiger partial charge in [-0.05, 0) is 69.5 Å². The Morgan fingerprint density at radius 1 is 0.806 bits per heavy atom. The molecular formula is C30H21BrClN3O. The zero-order chi connectivity index (χ0) is 24.9. The maximum Gasteiger partial charge on any atom is 0.272 e. The minimum absolute atomic E-state index is 0.291. The average molecular weight is 555 g/mol. The van der Waals surface area contributed by atoms with Crippen molar-refractivity contribution in [1.82, 2.24) is 9.99 Å². The third-order valence-electron chi connectivity index (χ3n) is 5.72. The van der Waals surface area contributed by atoms with Crippen LogP contribution in [0.5, 0.6) is 0 Å². The van der Waals surface area contributed by atoms with Gasteiger partial charge < -0.3 is 4.57 Å². The van der Waals surface area contributed by atoms with E-state index in [1.165, 1.54) is 0 Å². The molecule has 0 aliphatic rings. The molecule has 1 amide bonds. The summed E-state index contributed by atoms with van der Waals surface area (Å²) in [4.78, 5) is 12.7. The fraction of sp³-hybridized carbons (Fsp3) is 0. The first-order valence-electron chi connectivity index (χ1n) is 11.3. The van der Waals surface area contributed by atoms with Gasteiger partial charge in [0.2, 0.25) is 0 Å². The molecule has 36 heavy (non-hydrogen) atoms. The minimum Gasteiger partial charge on any atom is -0.309 e. The highest BCUT2D eigenvalue weighted by atomic mass is 79.9. The van der Waals surface area contributed by atoms with E-state index in [0.717, 1.165) is 33.8 Å². The van der Waals surface area contributed by atoms with E-state index < -0.39 is 0 Å². The molecule has 5 aromatic rings. The Hall–Kier alpha value is -3.93. The number of hydrogen-bond donors (Lipinski definition) is 1. The third kappa shape index (κ3) is 5.03. The van der Waals surface area contributed by atoms with E-state index in [1.807, 2.05) is 78.9 Å². The van der Waals surface area contributed by atoms with Crippen LogP contribution in [-0.4, -0.2) is 16.7 Å². The quantitative estimate of drug-likeness (QED) is 0.168. The molecule has 5 rings (SSSR count). The zero-order valence-corrected chi connectivity index (χ0v) is 21.4. The predicted octanol–water partition coefficient (Wildman–Crippen LogP) is 7.99. The normalized spacial score (nSPS) is 11.1. The summed E-state index contributed by atoms with van der Waals surface area (Å²) < 4.78 is 2.90. The molecular weight excluding hydrogens is 534 g/mol. The first-order valence-corrected chi connectivity index (χ1v) is 12.5. The van der Waals surface area contributed by atoms with Gasteiger partial charge in [-0.15, -0.1) is 0 Å². The van der Waals surface area contributed by atoms with Gasteiger partial charge in [0.15, 0.2) is 0 Å². The van der Waals surface area contributed by atoms with E-state index in [4.69, 9.17) is 11.6 Å². The van der Waals surface area contributed by atoms with E-state index in [9.17, 15) is 4.79 Å². The number of halogens is 2. The Kier molecular flexibility index (Phi) is 7.12. The average Bonchev–Trinajstić information content (AvgIpc) is 3.29. The van der Waals surface area contributed by atoms with Crippen molar-refractivity contribution in [3.05, 3.63) is 136 Å². The van der Waals surface area contributed by atoms with E-state index in [2.05, 4.69) is 61.4 Å². The van der Waals surface area contributed by atoms with Gasteiger partial charge in [-0.3, -0.25) is 4.79 Å². The molecule has 0 atom stereocenters. The monoisotopic (exact) mass is 553 g/mol. The molecule has 4 aromatic carbocycles. The number of benzene rings is 4. The highest BCUT2D eigenvalue weighted by Gasteiger charge is 2.19. The second kappa shape index (κ2) is 10.8. The summed E-state index contributed by atoms with van der Waals surface area (Å²) >= 11 is 9.62. The largest absolute Gasteiger partial charge is 0.309 e. The number of carbonyl (C=O) groups excluding carboxylic acids is 1. The Morgan fingerprint density at radius 2 is 1.42 bits per heavy atom. The summed E-state index contributed by atoms with van der Waals surface area (Å²) in [6.45, 7) is 0. The van der Waals surface area contributed by atoms with Crippen LogP contribution in [0.15, 0.2) is 125 Å². The van der Waals surface area contributed by atoms with Crippen molar-refractivity contribution in [1.29, 1.82) is 0 Å². The number of amides is 1. The van der Waals surface area contributed by atoms with E-state index in [-0.39, 0.29) is 5.91 Å². The lowest BCUT2D eigenvalue weighted by Gasteiger charge is -2.15. The minimum atomic E-state index is -0.291.